The van der Waals surface area contributed by atoms with Gasteiger partial charge in [0.15, 0.2) is 0 Å². The summed E-state index contributed by atoms with van der Waals surface area (Å²) in [6.45, 7) is 1.87. The molecule has 2 heteroatoms. The van der Waals surface area contributed by atoms with Crippen molar-refractivity contribution in [1.29, 1.82) is 10.7 Å². The monoisotopic (exact) mass is 108 g/mol. The lowest BCUT2D eigenvalue weighted by atomic mass is 10.3. The van der Waals surface area contributed by atoms with Crippen molar-refractivity contribution in [3.8, 4) is 6.07 Å². The second kappa shape index (κ2) is 4.07. The standard InChI is InChI=1S/C6H8N2/c1-2-3-4-6(8)5-7/h2-3,8H,4H2,1H3/b3-2-,8-6?. The predicted molar refractivity (Wildman–Crippen MR) is 32.8 cm³/mol. The van der Waals surface area contributed by atoms with E-state index >= 15 is 0 Å². The maximum absolute atomic E-state index is 8.05. The summed E-state index contributed by atoms with van der Waals surface area (Å²) in [4.78, 5) is 0. The first kappa shape index (κ1) is 6.90. The molecule has 8 heavy (non-hydrogen) atoms. The highest BCUT2D eigenvalue weighted by molar-refractivity contribution is 5.96. The first-order chi connectivity index (χ1) is 3.81. The van der Waals surface area contributed by atoms with Crippen molar-refractivity contribution in [3.63, 3.8) is 0 Å². The second-order valence-corrected chi connectivity index (χ2v) is 1.36. The molecule has 42 valence electrons. The zero-order chi connectivity index (χ0) is 6.41. The predicted octanol–water partition coefficient (Wildman–Crippen LogP) is 1.50. The van der Waals surface area contributed by atoms with Gasteiger partial charge in [-0.25, -0.2) is 0 Å². The van der Waals surface area contributed by atoms with Crippen molar-refractivity contribution >= 4 is 5.71 Å². The van der Waals surface area contributed by atoms with Crippen molar-refractivity contribution in [3.05, 3.63) is 12.2 Å². The molecule has 0 amide bonds. The number of allylic oxidation sites excluding steroid dienone is 2. The molecule has 2 nitrogen and oxygen atoms in total. The van der Waals surface area contributed by atoms with Crippen LogP contribution in [0.4, 0.5) is 0 Å². The Bertz CT molecular complexity index is 139. The summed E-state index contributed by atoms with van der Waals surface area (Å²) in [7, 11) is 0. The van der Waals surface area contributed by atoms with Crippen LogP contribution in [0.1, 0.15) is 13.3 Å². The van der Waals surface area contributed by atoms with Gasteiger partial charge in [-0.1, -0.05) is 12.2 Å². The van der Waals surface area contributed by atoms with Gasteiger partial charge in [0.25, 0.3) is 0 Å². The second-order valence-electron chi connectivity index (χ2n) is 1.36. The minimum Gasteiger partial charge on any atom is -0.294 e. The van der Waals surface area contributed by atoms with E-state index in [-0.39, 0.29) is 5.71 Å². The quantitative estimate of drug-likeness (QED) is 0.423. The molecule has 0 atom stereocenters. The smallest absolute Gasteiger partial charge is 0.114 e. The van der Waals surface area contributed by atoms with E-state index in [2.05, 4.69) is 0 Å². The molecule has 0 radical (unpaired) electrons. The Morgan fingerprint density at radius 1 is 1.88 bits per heavy atom. The fraction of sp³-hybridized carbons (Fsp3) is 0.333. The average Bonchev–Trinajstić information content (AvgIpc) is 1.83. The van der Waals surface area contributed by atoms with Crippen LogP contribution in [0.5, 0.6) is 0 Å². The molecule has 0 bridgehead atoms. The van der Waals surface area contributed by atoms with Crippen LogP contribution >= 0.6 is 0 Å². The van der Waals surface area contributed by atoms with Gasteiger partial charge in [-0.05, 0) is 6.92 Å². The van der Waals surface area contributed by atoms with E-state index in [1.54, 1.807) is 12.1 Å². The summed E-state index contributed by atoms with van der Waals surface area (Å²) in [6, 6.07) is 1.73. The third-order valence-electron chi connectivity index (χ3n) is 0.693. The molecule has 0 aromatic heterocycles. The van der Waals surface area contributed by atoms with Crippen LogP contribution in [0.15, 0.2) is 12.2 Å². The number of hydrogen-bond donors (Lipinski definition) is 1. The van der Waals surface area contributed by atoms with Gasteiger partial charge in [-0.2, -0.15) is 5.26 Å². The highest BCUT2D eigenvalue weighted by atomic mass is 14.4. The van der Waals surface area contributed by atoms with Crippen LogP contribution in [-0.4, -0.2) is 5.71 Å². The van der Waals surface area contributed by atoms with Gasteiger partial charge < -0.3 is 0 Å². The number of nitrogens with one attached hydrogen (secondary N) is 1. The van der Waals surface area contributed by atoms with Gasteiger partial charge >= 0.3 is 0 Å². The van der Waals surface area contributed by atoms with Gasteiger partial charge in [-0.3, -0.25) is 5.41 Å². The van der Waals surface area contributed by atoms with Crippen LogP contribution in [0.25, 0.3) is 0 Å². The summed E-state index contributed by atoms with van der Waals surface area (Å²) in [6.07, 6.45) is 4.07. The molecule has 0 aromatic rings. The third-order valence-corrected chi connectivity index (χ3v) is 0.693. The van der Waals surface area contributed by atoms with Crippen LogP contribution in [0.3, 0.4) is 0 Å². The van der Waals surface area contributed by atoms with Gasteiger partial charge in [0.1, 0.15) is 11.8 Å². The van der Waals surface area contributed by atoms with Crippen molar-refractivity contribution in [2.75, 3.05) is 0 Å². The Morgan fingerprint density at radius 2 is 2.50 bits per heavy atom. The maximum Gasteiger partial charge on any atom is 0.114 e. The van der Waals surface area contributed by atoms with Gasteiger partial charge in [-0.15, -0.1) is 0 Å². The molecule has 0 aliphatic heterocycles. The number of hydrogen-bond acceptors (Lipinski definition) is 2. The molecule has 0 saturated carbocycles. The zero-order valence-electron chi connectivity index (χ0n) is 4.81. The molecule has 0 aromatic carbocycles. The van der Waals surface area contributed by atoms with Gasteiger partial charge in [0.05, 0.1) is 0 Å². The Labute approximate surface area is 49.0 Å². The van der Waals surface area contributed by atoms with E-state index in [0.29, 0.717) is 6.42 Å². The molecule has 0 aliphatic carbocycles. The summed E-state index contributed by atoms with van der Waals surface area (Å²) >= 11 is 0. The first-order valence-electron chi connectivity index (χ1n) is 2.40. The van der Waals surface area contributed by atoms with Crippen LogP contribution in [0.2, 0.25) is 0 Å². The van der Waals surface area contributed by atoms with Crippen LogP contribution in [0, 0.1) is 16.7 Å². The van der Waals surface area contributed by atoms with Gasteiger partial charge in [0, 0.05) is 6.42 Å². The molecule has 0 unspecified atom stereocenters. The minimum atomic E-state index is 0.114. The van der Waals surface area contributed by atoms with E-state index in [1.165, 1.54) is 0 Å². The fourth-order valence-electron chi connectivity index (χ4n) is 0.281. The van der Waals surface area contributed by atoms with Crippen LogP contribution < -0.4 is 0 Å². The Balaban J connectivity index is 3.44. The minimum absolute atomic E-state index is 0.114. The van der Waals surface area contributed by atoms with Gasteiger partial charge in [0.2, 0.25) is 0 Å². The average molecular weight is 108 g/mol. The van der Waals surface area contributed by atoms with E-state index in [0.717, 1.165) is 0 Å². The van der Waals surface area contributed by atoms with E-state index < -0.39 is 0 Å². The zero-order valence-corrected chi connectivity index (χ0v) is 4.81. The van der Waals surface area contributed by atoms with Crippen LogP contribution in [-0.2, 0) is 0 Å². The number of nitrogens with zero attached hydrogens (tertiary/aromatic N) is 1. The lowest BCUT2D eigenvalue weighted by Crippen LogP contribution is -1.85. The Hall–Kier alpha value is -1.10. The molecule has 0 spiro atoms. The van der Waals surface area contributed by atoms with Crippen molar-refractivity contribution in [2.24, 2.45) is 0 Å². The van der Waals surface area contributed by atoms with E-state index in [9.17, 15) is 0 Å². The highest BCUT2D eigenvalue weighted by Gasteiger charge is 1.84. The molecule has 0 heterocycles. The normalized spacial score (nSPS) is 9.00. The van der Waals surface area contributed by atoms with Crippen molar-refractivity contribution in [1.82, 2.24) is 0 Å². The topological polar surface area (TPSA) is 47.6 Å². The Kier molecular flexibility index (Phi) is 3.51. The number of nitriles is 1. The van der Waals surface area contributed by atoms with Crippen molar-refractivity contribution in [2.45, 2.75) is 13.3 Å². The van der Waals surface area contributed by atoms with E-state index in [1.807, 2.05) is 13.0 Å². The summed E-state index contributed by atoms with van der Waals surface area (Å²) in [5, 5.41) is 14.9. The SMILES string of the molecule is C/C=C\CC(=N)C#N. The summed E-state index contributed by atoms with van der Waals surface area (Å²) < 4.78 is 0. The molecule has 1 N–H and O–H groups in total. The maximum atomic E-state index is 8.05. The molecule has 0 aliphatic rings. The van der Waals surface area contributed by atoms with E-state index in [4.69, 9.17) is 10.7 Å². The fourth-order valence-corrected chi connectivity index (χ4v) is 0.281. The lowest BCUT2D eigenvalue weighted by molar-refractivity contribution is 1.36. The number of rotatable bonds is 2. The molecule has 0 rings (SSSR count). The molecular formula is C6H8N2. The summed E-state index contributed by atoms with van der Waals surface area (Å²) in [5.74, 6) is 0. The largest absolute Gasteiger partial charge is 0.294 e. The molecule has 0 fully saturated rings. The third kappa shape index (κ3) is 3.10. The lowest BCUT2D eigenvalue weighted by Gasteiger charge is -1.79. The summed E-state index contributed by atoms with van der Waals surface area (Å²) in [5.41, 5.74) is 0.114. The molecule has 0 saturated heterocycles. The Morgan fingerprint density at radius 3 is 2.88 bits per heavy atom. The molecular weight excluding hydrogens is 100 g/mol. The first-order valence-corrected chi connectivity index (χ1v) is 2.40. The highest BCUT2D eigenvalue weighted by Crippen LogP contribution is 1.82. The van der Waals surface area contributed by atoms with Crippen molar-refractivity contribution < 1.29 is 0 Å².